The van der Waals surface area contributed by atoms with E-state index in [9.17, 15) is 9.59 Å². The third kappa shape index (κ3) is 26.4. The monoisotopic (exact) mass is 266 g/mol. The van der Waals surface area contributed by atoms with Gasteiger partial charge in [0.15, 0.2) is 0 Å². The van der Waals surface area contributed by atoms with Crippen molar-refractivity contribution in [3.05, 3.63) is 24.3 Å². The molecule has 0 fully saturated rings. The van der Waals surface area contributed by atoms with E-state index in [0.29, 0.717) is 6.42 Å². The SMILES string of the molecule is CCC=CCC=O.CCCCCCCCC=CC=O. The first kappa shape index (κ1) is 20.1. The average molecular weight is 266 g/mol. The third-order valence-corrected chi connectivity index (χ3v) is 2.57. The molecule has 0 unspecified atom stereocenters. The van der Waals surface area contributed by atoms with Gasteiger partial charge in [-0.05, 0) is 25.3 Å². The first-order valence-electron chi connectivity index (χ1n) is 7.52. The molecule has 0 amide bonds. The van der Waals surface area contributed by atoms with Crippen molar-refractivity contribution in [1.29, 1.82) is 0 Å². The van der Waals surface area contributed by atoms with E-state index in [1.165, 1.54) is 38.5 Å². The average Bonchev–Trinajstić information content (AvgIpc) is 2.43. The summed E-state index contributed by atoms with van der Waals surface area (Å²) in [5.74, 6) is 0. The minimum atomic E-state index is 0.563. The van der Waals surface area contributed by atoms with Crippen LogP contribution in [0, 0.1) is 0 Å². The summed E-state index contributed by atoms with van der Waals surface area (Å²) < 4.78 is 0. The van der Waals surface area contributed by atoms with Crippen molar-refractivity contribution in [2.24, 2.45) is 0 Å². The van der Waals surface area contributed by atoms with Crippen molar-refractivity contribution < 1.29 is 9.59 Å². The summed E-state index contributed by atoms with van der Waals surface area (Å²) in [5.41, 5.74) is 0. The smallest absolute Gasteiger partial charge is 0.142 e. The quantitative estimate of drug-likeness (QED) is 0.227. The summed E-state index contributed by atoms with van der Waals surface area (Å²) in [6, 6.07) is 0. The van der Waals surface area contributed by atoms with Gasteiger partial charge in [-0.25, -0.2) is 0 Å². The van der Waals surface area contributed by atoms with Crippen LogP contribution in [-0.2, 0) is 9.59 Å². The molecule has 0 heterocycles. The second kappa shape index (κ2) is 22.0. The van der Waals surface area contributed by atoms with Gasteiger partial charge in [-0.15, -0.1) is 0 Å². The summed E-state index contributed by atoms with van der Waals surface area (Å²) in [6.45, 7) is 4.27. The van der Waals surface area contributed by atoms with Crippen LogP contribution in [-0.4, -0.2) is 12.6 Å². The molecule has 0 saturated heterocycles. The lowest BCUT2D eigenvalue weighted by Gasteiger charge is -1.96. The molecule has 2 nitrogen and oxygen atoms in total. The summed E-state index contributed by atoms with van der Waals surface area (Å²) >= 11 is 0. The van der Waals surface area contributed by atoms with Crippen LogP contribution in [0.4, 0.5) is 0 Å². The highest BCUT2D eigenvalue weighted by Gasteiger charge is 1.87. The molecule has 0 aliphatic carbocycles. The molecular weight excluding hydrogens is 236 g/mol. The van der Waals surface area contributed by atoms with Crippen molar-refractivity contribution in [1.82, 2.24) is 0 Å². The molecule has 19 heavy (non-hydrogen) atoms. The molecule has 0 aromatic rings. The molecule has 0 aromatic heterocycles. The number of hydrogen-bond acceptors (Lipinski definition) is 2. The molecular formula is C17H30O2. The molecule has 0 bridgehead atoms. The number of allylic oxidation sites excluding steroid dienone is 4. The number of carbonyl (C=O) groups excluding carboxylic acids is 2. The zero-order valence-electron chi connectivity index (χ0n) is 12.6. The molecule has 2 heteroatoms. The van der Waals surface area contributed by atoms with E-state index in [-0.39, 0.29) is 0 Å². The first-order valence-corrected chi connectivity index (χ1v) is 7.52. The van der Waals surface area contributed by atoms with Crippen molar-refractivity contribution in [3.8, 4) is 0 Å². The second-order valence-electron chi connectivity index (χ2n) is 4.40. The highest BCUT2D eigenvalue weighted by molar-refractivity contribution is 5.64. The zero-order valence-corrected chi connectivity index (χ0v) is 12.6. The van der Waals surface area contributed by atoms with E-state index in [1.54, 1.807) is 6.08 Å². The van der Waals surface area contributed by atoms with Gasteiger partial charge in [-0.3, -0.25) is 4.79 Å². The van der Waals surface area contributed by atoms with Crippen molar-refractivity contribution in [2.75, 3.05) is 0 Å². The number of hydrogen-bond donors (Lipinski definition) is 0. The van der Waals surface area contributed by atoms with E-state index >= 15 is 0 Å². The van der Waals surface area contributed by atoms with E-state index in [4.69, 9.17) is 0 Å². The summed E-state index contributed by atoms with van der Waals surface area (Å²) in [5, 5.41) is 0. The van der Waals surface area contributed by atoms with Crippen molar-refractivity contribution in [3.63, 3.8) is 0 Å². The van der Waals surface area contributed by atoms with Crippen LogP contribution in [0.5, 0.6) is 0 Å². The van der Waals surface area contributed by atoms with E-state index in [2.05, 4.69) is 6.92 Å². The van der Waals surface area contributed by atoms with Gasteiger partial charge in [-0.1, -0.05) is 64.2 Å². The van der Waals surface area contributed by atoms with Crippen LogP contribution in [0.2, 0.25) is 0 Å². The molecule has 0 aliphatic heterocycles. The zero-order chi connectivity index (χ0) is 14.6. The van der Waals surface area contributed by atoms with Crippen LogP contribution >= 0.6 is 0 Å². The molecule has 0 saturated carbocycles. The lowest BCUT2D eigenvalue weighted by Crippen LogP contribution is -1.77. The third-order valence-electron chi connectivity index (χ3n) is 2.57. The maximum absolute atomic E-state index is 9.89. The maximum atomic E-state index is 9.89. The van der Waals surface area contributed by atoms with E-state index in [0.717, 1.165) is 25.4 Å². The topological polar surface area (TPSA) is 34.1 Å². The highest BCUT2D eigenvalue weighted by Crippen LogP contribution is 2.06. The molecule has 0 rings (SSSR count). The lowest BCUT2D eigenvalue weighted by atomic mass is 10.1. The predicted molar refractivity (Wildman–Crippen MR) is 83.3 cm³/mol. The lowest BCUT2D eigenvalue weighted by molar-refractivity contribution is -0.107. The maximum Gasteiger partial charge on any atom is 0.142 e. The molecule has 0 radical (unpaired) electrons. The van der Waals surface area contributed by atoms with Crippen LogP contribution in [0.3, 0.4) is 0 Å². The van der Waals surface area contributed by atoms with Gasteiger partial charge in [0.25, 0.3) is 0 Å². The van der Waals surface area contributed by atoms with Crippen LogP contribution in [0.1, 0.15) is 71.6 Å². The Balaban J connectivity index is 0. The van der Waals surface area contributed by atoms with Crippen LogP contribution in [0.25, 0.3) is 0 Å². The number of rotatable bonds is 11. The van der Waals surface area contributed by atoms with Gasteiger partial charge in [0, 0.05) is 6.42 Å². The van der Waals surface area contributed by atoms with Crippen LogP contribution in [0.15, 0.2) is 24.3 Å². The van der Waals surface area contributed by atoms with Gasteiger partial charge in [0.1, 0.15) is 12.6 Å². The standard InChI is InChI=1S/C11H20O.C6H10O/c1-2-3-4-5-6-7-8-9-10-11-12;1-2-3-4-5-6-7/h9-11H,2-8H2,1H3;3-4,6H,2,5H2,1H3. The summed E-state index contributed by atoms with van der Waals surface area (Å²) in [6.07, 6.45) is 19.7. The van der Waals surface area contributed by atoms with E-state index < -0.39 is 0 Å². The molecule has 0 N–H and O–H groups in total. The van der Waals surface area contributed by atoms with Gasteiger partial charge >= 0.3 is 0 Å². The summed E-state index contributed by atoms with van der Waals surface area (Å²) in [7, 11) is 0. The Kier molecular flexibility index (Phi) is 23.4. The fourth-order valence-corrected chi connectivity index (χ4v) is 1.51. The van der Waals surface area contributed by atoms with Crippen molar-refractivity contribution >= 4 is 12.6 Å². The number of unbranched alkanes of at least 4 members (excludes halogenated alkanes) is 6. The number of aldehydes is 2. The molecule has 0 aromatic carbocycles. The second-order valence-corrected chi connectivity index (χ2v) is 4.40. The normalized spacial score (nSPS) is 10.4. The fraction of sp³-hybridized carbons (Fsp3) is 0.647. The molecule has 0 atom stereocenters. The Morgan fingerprint density at radius 3 is 2.05 bits per heavy atom. The Labute approximate surface area is 119 Å². The van der Waals surface area contributed by atoms with E-state index in [1.807, 2.05) is 25.2 Å². The Hall–Kier alpha value is -1.18. The fourth-order valence-electron chi connectivity index (χ4n) is 1.51. The Morgan fingerprint density at radius 2 is 1.47 bits per heavy atom. The van der Waals surface area contributed by atoms with Crippen molar-refractivity contribution in [2.45, 2.75) is 71.6 Å². The Morgan fingerprint density at radius 1 is 0.789 bits per heavy atom. The first-order chi connectivity index (χ1) is 9.33. The van der Waals surface area contributed by atoms with Gasteiger partial charge in [0.2, 0.25) is 0 Å². The highest BCUT2D eigenvalue weighted by atomic mass is 16.1. The molecule has 110 valence electrons. The molecule has 0 spiro atoms. The number of carbonyl (C=O) groups is 2. The minimum absolute atomic E-state index is 0.563. The predicted octanol–water partition coefficient (Wildman–Crippen LogP) is 5.03. The van der Waals surface area contributed by atoms with Gasteiger partial charge in [0.05, 0.1) is 0 Å². The molecule has 0 aliphatic rings. The van der Waals surface area contributed by atoms with Gasteiger partial charge < -0.3 is 4.79 Å². The largest absolute Gasteiger partial charge is 0.303 e. The summed E-state index contributed by atoms with van der Waals surface area (Å²) in [4.78, 5) is 19.5. The minimum Gasteiger partial charge on any atom is -0.303 e. The Bertz CT molecular complexity index is 229. The van der Waals surface area contributed by atoms with Gasteiger partial charge in [-0.2, -0.15) is 0 Å². The van der Waals surface area contributed by atoms with Crippen LogP contribution < -0.4 is 0 Å².